The zero-order chi connectivity index (χ0) is 5.98. The molecule has 0 unspecified atom stereocenters. The molecule has 3 nitrogen and oxygen atoms in total. The standard InChI is InChI=1S/C4H8O3S/c5-1-4-7-3(6)2-8-4/h3-6H,1-2H2/t3-,4-/m1/s1. The van der Waals surface area contributed by atoms with Crippen LogP contribution in [-0.2, 0) is 4.74 Å². The molecule has 2 atom stereocenters. The summed E-state index contributed by atoms with van der Waals surface area (Å²) in [5.41, 5.74) is -0.204. The lowest BCUT2D eigenvalue weighted by atomic mass is 10.7. The monoisotopic (exact) mass is 136 g/mol. The Morgan fingerprint density at radius 2 is 2.50 bits per heavy atom. The van der Waals surface area contributed by atoms with Crippen molar-refractivity contribution in [2.75, 3.05) is 12.4 Å². The fourth-order valence-corrected chi connectivity index (χ4v) is 1.31. The van der Waals surface area contributed by atoms with Gasteiger partial charge in [0.15, 0.2) is 6.29 Å². The number of thioether (sulfide) groups is 1. The lowest BCUT2D eigenvalue weighted by molar-refractivity contribution is -0.0899. The van der Waals surface area contributed by atoms with E-state index in [4.69, 9.17) is 14.9 Å². The number of hydrogen-bond acceptors (Lipinski definition) is 4. The molecule has 1 aliphatic heterocycles. The Morgan fingerprint density at radius 1 is 1.75 bits per heavy atom. The summed E-state index contributed by atoms with van der Waals surface area (Å²) in [6.45, 7) is -0.0122. The molecule has 0 spiro atoms. The molecule has 0 aromatic carbocycles. The number of rotatable bonds is 1. The highest BCUT2D eigenvalue weighted by atomic mass is 32.2. The maximum Gasteiger partial charge on any atom is 0.165 e. The third-order valence-electron chi connectivity index (χ3n) is 0.883. The summed E-state index contributed by atoms with van der Waals surface area (Å²) in [7, 11) is 0. The maximum atomic E-state index is 8.68. The number of aliphatic hydroxyl groups excluding tert-OH is 2. The fourth-order valence-electron chi connectivity index (χ4n) is 0.539. The summed E-state index contributed by atoms with van der Waals surface area (Å²) in [6, 6.07) is 0. The van der Waals surface area contributed by atoms with Crippen molar-refractivity contribution >= 4 is 11.8 Å². The molecule has 48 valence electrons. The predicted octanol–water partition coefficient (Wildman–Crippen LogP) is -0.613. The van der Waals surface area contributed by atoms with Crippen molar-refractivity contribution in [3.05, 3.63) is 0 Å². The van der Waals surface area contributed by atoms with Gasteiger partial charge < -0.3 is 14.9 Å². The Kier molecular flexibility index (Phi) is 2.13. The van der Waals surface area contributed by atoms with Crippen molar-refractivity contribution in [1.29, 1.82) is 0 Å². The average Bonchev–Trinajstić information content (AvgIpc) is 2.14. The van der Waals surface area contributed by atoms with Crippen LogP contribution in [0.25, 0.3) is 0 Å². The van der Waals surface area contributed by atoms with Gasteiger partial charge >= 0.3 is 0 Å². The van der Waals surface area contributed by atoms with Gasteiger partial charge in [0.05, 0.1) is 6.61 Å². The topological polar surface area (TPSA) is 49.7 Å². The Balaban J connectivity index is 2.22. The van der Waals surface area contributed by atoms with Gasteiger partial charge in [0.1, 0.15) is 5.44 Å². The second-order valence-electron chi connectivity index (χ2n) is 1.54. The van der Waals surface area contributed by atoms with Crippen molar-refractivity contribution in [2.24, 2.45) is 0 Å². The van der Waals surface area contributed by atoms with Gasteiger partial charge in [-0.05, 0) is 0 Å². The smallest absolute Gasteiger partial charge is 0.165 e. The molecule has 1 saturated heterocycles. The Bertz CT molecular complexity index is 77.7. The van der Waals surface area contributed by atoms with Crippen molar-refractivity contribution in [1.82, 2.24) is 0 Å². The molecule has 0 aliphatic carbocycles. The van der Waals surface area contributed by atoms with Crippen LogP contribution in [0.2, 0.25) is 0 Å². The zero-order valence-corrected chi connectivity index (χ0v) is 5.10. The highest BCUT2D eigenvalue weighted by Crippen LogP contribution is 2.22. The van der Waals surface area contributed by atoms with Crippen molar-refractivity contribution in [3.63, 3.8) is 0 Å². The maximum absolute atomic E-state index is 8.68. The number of ether oxygens (including phenoxy) is 1. The second kappa shape index (κ2) is 2.68. The average molecular weight is 136 g/mol. The second-order valence-corrected chi connectivity index (χ2v) is 2.73. The minimum Gasteiger partial charge on any atom is -0.393 e. The minimum absolute atomic E-state index is 0.0122. The SMILES string of the molecule is OC[C@@H]1O[C@@H](O)CS1. The van der Waals surface area contributed by atoms with Gasteiger partial charge in [-0.15, -0.1) is 11.8 Å². The Morgan fingerprint density at radius 3 is 2.75 bits per heavy atom. The molecule has 4 heteroatoms. The highest BCUT2D eigenvalue weighted by Gasteiger charge is 2.22. The third kappa shape index (κ3) is 1.35. The molecular formula is C4H8O3S. The first-order chi connectivity index (χ1) is 3.83. The summed E-state index contributed by atoms with van der Waals surface area (Å²) in [5.74, 6) is 0.575. The first-order valence-corrected chi connectivity index (χ1v) is 3.44. The largest absolute Gasteiger partial charge is 0.393 e. The van der Waals surface area contributed by atoms with Gasteiger partial charge in [-0.25, -0.2) is 0 Å². The van der Waals surface area contributed by atoms with Gasteiger partial charge in [-0.3, -0.25) is 0 Å². The van der Waals surface area contributed by atoms with E-state index in [0.29, 0.717) is 5.75 Å². The molecule has 8 heavy (non-hydrogen) atoms. The van der Waals surface area contributed by atoms with Crippen LogP contribution >= 0.6 is 11.8 Å². The van der Waals surface area contributed by atoms with E-state index < -0.39 is 6.29 Å². The molecule has 1 fully saturated rings. The Labute approximate surface area is 51.7 Å². The first kappa shape index (κ1) is 6.35. The van der Waals surface area contributed by atoms with E-state index in [9.17, 15) is 0 Å². The van der Waals surface area contributed by atoms with Crippen molar-refractivity contribution < 1.29 is 14.9 Å². The molecule has 1 heterocycles. The molecule has 0 radical (unpaired) electrons. The summed E-state index contributed by atoms with van der Waals surface area (Å²) >= 11 is 1.43. The van der Waals surface area contributed by atoms with E-state index in [-0.39, 0.29) is 12.0 Å². The predicted molar refractivity (Wildman–Crippen MR) is 30.4 cm³/mol. The quantitative estimate of drug-likeness (QED) is 0.504. The lowest BCUT2D eigenvalue weighted by Crippen LogP contribution is -2.12. The van der Waals surface area contributed by atoms with Gasteiger partial charge in [0.25, 0.3) is 0 Å². The number of aliphatic hydroxyl groups is 2. The summed E-state index contributed by atoms with van der Waals surface area (Å²) in [4.78, 5) is 0. The van der Waals surface area contributed by atoms with E-state index in [1.165, 1.54) is 11.8 Å². The summed E-state index contributed by atoms with van der Waals surface area (Å²) in [6.07, 6.45) is -0.669. The normalized spacial score (nSPS) is 38.2. The molecule has 2 N–H and O–H groups in total. The molecule has 1 aliphatic rings. The van der Waals surface area contributed by atoms with Crippen LogP contribution in [0.3, 0.4) is 0 Å². The van der Waals surface area contributed by atoms with Crippen LogP contribution in [0.15, 0.2) is 0 Å². The van der Waals surface area contributed by atoms with E-state index >= 15 is 0 Å². The third-order valence-corrected chi connectivity index (χ3v) is 1.99. The van der Waals surface area contributed by atoms with Crippen molar-refractivity contribution in [3.8, 4) is 0 Å². The highest BCUT2D eigenvalue weighted by molar-refractivity contribution is 8.00. The van der Waals surface area contributed by atoms with E-state index in [1.54, 1.807) is 0 Å². The van der Waals surface area contributed by atoms with Crippen LogP contribution < -0.4 is 0 Å². The van der Waals surface area contributed by atoms with E-state index in [2.05, 4.69) is 0 Å². The fraction of sp³-hybridized carbons (Fsp3) is 1.00. The van der Waals surface area contributed by atoms with Crippen molar-refractivity contribution in [2.45, 2.75) is 11.7 Å². The molecular weight excluding hydrogens is 128 g/mol. The van der Waals surface area contributed by atoms with E-state index in [0.717, 1.165) is 0 Å². The van der Waals surface area contributed by atoms with Crippen LogP contribution in [0.1, 0.15) is 0 Å². The molecule has 0 saturated carbocycles. The van der Waals surface area contributed by atoms with Crippen LogP contribution in [0.5, 0.6) is 0 Å². The van der Waals surface area contributed by atoms with Gasteiger partial charge in [0, 0.05) is 5.75 Å². The van der Waals surface area contributed by atoms with Gasteiger partial charge in [-0.1, -0.05) is 0 Å². The van der Waals surface area contributed by atoms with Crippen LogP contribution in [0, 0.1) is 0 Å². The molecule has 0 aromatic rings. The summed E-state index contributed by atoms with van der Waals surface area (Å²) < 4.78 is 4.78. The molecule has 0 amide bonds. The molecule has 0 aromatic heterocycles. The minimum atomic E-state index is -0.669. The van der Waals surface area contributed by atoms with Crippen LogP contribution in [0.4, 0.5) is 0 Å². The number of hydrogen-bond donors (Lipinski definition) is 2. The van der Waals surface area contributed by atoms with E-state index in [1.807, 2.05) is 0 Å². The lowest BCUT2D eigenvalue weighted by Gasteiger charge is -2.02. The molecule has 0 bridgehead atoms. The van der Waals surface area contributed by atoms with Gasteiger partial charge in [-0.2, -0.15) is 0 Å². The Hall–Kier alpha value is 0.230. The summed E-state index contributed by atoms with van der Waals surface area (Å²) in [5, 5.41) is 17.1. The first-order valence-electron chi connectivity index (χ1n) is 2.39. The zero-order valence-electron chi connectivity index (χ0n) is 4.28. The van der Waals surface area contributed by atoms with Gasteiger partial charge in [0.2, 0.25) is 0 Å². The van der Waals surface area contributed by atoms with Crippen LogP contribution in [-0.4, -0.2) is 34.3 Å². The molecule has 1 rings (SSSR count).